The number of nitrogens with one attached hydrogen (secondary N) is 1. The van der Waals surface area contributed by atoms with E-state index in [0.717, 1.165) is 22.6 Å². The number of aryl methyl sites for hydroxylation is 1. The molecule has 6 rings (SSSR count). The molecule has 2 bridgehead atoms. The van der Waals surface area contributed by atoms with Crippen molar-refractivity contribution >= 4 is 23.4 Å². The third kappa shape index (κ3) is 5.24. The van der Waals surface area contributed by atoms with Crippen LogP contribution in [0.3, 0.4) is 0 Å². The molecule has 0 radical (unpaired) electrons. The number of thioether (sulfide) groups is 1. The lowest BCUT2D eigenvalue weighted by molar-refractivity contribution is -0.348. The summed E-state index contributed by atoms with van der Waals surface area (Å²) in [5.74, 6) is -0.522. The molecule has 3 saturated heterocycles. The number of anilines is 1. The smallest absolute Gasteiger partial charge is 0.416 e. The predicted octanol–water partition coefficient (Wildman–Crippen LogP) is 6.25. The summed E-state index contributed by atoms with van der Waals surface area (Å²) in [6.45, 7) is 8.04. The summed E-state index contributed by atoms with van der Waals surface area (Å²) in [7, 11) is 1.92. The first-order chi connectivity index (χ1) is 19.3. The molecule has 3 aliphatic heterocycles. The number of fused-ring (bicyclic) bond motifs is 1. The number of hydrazine groups is 1. The minimum absolute atomic E-state index is 0.265. The van der Waals surface area contributed by atoms with Crippen LogP contribution in [0, 0.1) is 12.3 Å². The standard InChI is InChI=1S/C30H34F3N3O4S/c1-6-38-25(37)27(3,4)41-23-14-15-24(20(2)18-23)39-19-28(16-8-7-9-17-28)30-34-36(26(40-30)35(30)5)22-12-10-21(11-13-22)29(31,32)33/h7-16,18,26,34H,6,17,19H2,1-5H3. The molecule has 3 unspecified atom stereocenters. The van der Waals surface area contributed by atoms with Crippen LogP contribution in [0.4, 0.5) is 18.9 Å². The van der Waals surface area contributed by atoms with Gasteiger partial charge in [0.05, 0.1) is 23.3 Å². The molecule has 41 heavy (non-hydrogen) atoms. The van der Waals surface area contributed by atoms with Crippen molar-refractivity contribution < 1.29 is 32.2 Å². The van der Waals surface area contributed by atoms with E-state index in [-0.39, 0.29) is 12.6 Å². The minimum Gasteiger partial charge on any atom is -0.492 e. The van der Waals surface area contributed by atoms with E-state index in [1.54, 1.807) is 11.9 Å². The number of hydrogen-bond donors (Lipinski definition) is 1. The molecule has 2 aromatic carbocycles. The second kappa shape index (κ2) is 10.7. The molecule has 0 aromatic heterocycles. The van der Waals surface area contributed by atoms with E-state index < -0.39 is 34.1 Å². The van der Waals surface area contributed by atoms with Crippen molar-refractivity contribution in [1.29, 1.82) is 0 Å². The molecular formula is C30H34F3N3O4S. The van der Waals surface area contributed by atoms with E-state index >= 15 is 0 Å². The SMILES string of the molecule is CCOC(=O)C(C)(C)Sc1ccc(OCC2(C34NN(c5ccc(C(F)(F)F)cc5)C(O3)N4C)C=CC=CC2)c(C)c1. The third-order valence-corrected chi connectivity index (χ3v) is 8.83. The monoisotopic (exact) mass is 589 g/mol. The predicted molar refractivity (Wildman–Crippen MR) is 151 cm³/mol. The van der Waals surface area contributed by atoms with Crippen LogP contribution in [0.2, 0.25) is 0 Å². The molecule has 1 N–H and O–H groups in total. The first kappa shape index (κ1) is 29.5. The fourth-order valence-corrected chi connectivity index (χ4v) is 6.47. The van der Waals surface area contributed by atoms with Crippen LogP contribution < -0.4 is 15.2 Å². The number of esters is 1. The van der Waals surface area contributed by atoms with Crippen LogP contribution in [0.1, 0.15) is 38.3 Å². The van der Waals surface area contributed by atoms with Crippen molar-refractivity contribution in [3.63, 3.8) is 0 Å². The van der Waals surface area contributed by atoms with E-state index in [2.05, 4.69) is 17.6 Å². The minimum atomic E-state index is -4.40. The largest absolute Gasteiger partial charge is 0.492 e. The molecule has 2 aromatic rings. The lowest BCUT2D eigenvalue weighted by atomic mass is 9.75. The van der Waals surface area contributed by atoms with Crippen LogP contribution >= 0.6 is 11.8 Å². The molecule has 7 nitrogen and oxygen atoms in total. The van der Waals surface area contributed by atoms with Crippen molar-refractivity contribution in [2.45, 2.75) is 62.1 Å². The molecule has 0 saturated carbocycles. The second-order valence-corrected chi connectivity index (χ2v) is 12.6. The molecule has 0 spiro atoms. The highest BCUT2D eigenvalue weighted by Gasteiger charge is 2.71. The normalized spacial score (nSPS) is 25.8. The number of alkyl halides is 3. The second-order valence-electron chi connectivity index (χ2n) is 10.9. The van der Waals surface area contributed by atoms with E-state index in [4.69, 9.17) is 14.2 Å². The van der Waals surface area contributed by atoms with Crippen LogP contribution in [0.15, 0.2) is 71.7 Å². The highest BCUT2D eigenvalue weighted by Crippen LogP contribution is 2.54. The Balaban J connectivity index is 1.33. The van der Waals surface area contributed by atoms with Gasteiger partial charge in [0.15, 0.2) is 0 Å². The Hall–Kier alpha value is -2.99. The summed E-state index contributed by atoms with van der Waals surface area (Å²) < 4.78 is 56.6. The molecule has 3 fully saturated rings. The number of halogens is 3. The van der Waals surface area contributed by atoms with Gasteiger partial charge in [-0.3, -0.25) is 9.80 Å². The number of hydrogen-bond acceptors (Lipinski definition) is 8. The van der Waals surface area contributed by atoms with Gasteiger partial charge >= 0.3 is 12.1 Å². The van der Waals surface area contributed by atoms with Crippen molar-refractivity contribution in [2.75, 3.05) is 25.3 Å². The number of ether oxygens (including phenoxy) is 3. The summed E-state index contributed by atoms with van der Waals surface area (Å²) in [5, 5.41) is 1.75. The number of carbonyl (C=O) groups excluding carboxylic acids is 1. The Kier molecular flexibility index (Phi) is 7.69. The van der Waals surface area contributed by atoms with Gasteiger partial charge in [-0.2, -0.15) is 18.6 Å². The van der Waals surface area contributed by atoms with Gasteiger partial charge in [-0.05, 0) is 89.2 Å². The molecule has 3 heterocycles. The van der Waals surface area contributed by atoms with Crippen molar-refractivity contribution in [3.8, 4) is 5.75 Å². The maximum atomic E-state index is 13.1. The van der Waals surface area contributed by atoms with Gasteiger partial charge < -0.3 is 14.2 Å². The van der Waals surface area contributed by atoms with E-state index in [1.165, 1.54) is 23.9 Å². The molecule has 11 heteroatoms. The number of carbonyl (C=O) groups is 1. The molecular weight excluding hydrogens is 555 g/mol. The molecule has 1 aliphatic carbocycles. The maximum Gasteiger partial charge on any atom is 0.416 e. The lowest BCUT2D eigenvalue weighted by Crippen LogP contribution is -2.73. The van der Waals surface area contributed by atoms with Gasteiger partial charge in [0.25, 0.3) is 0 Å². The topological polar surface area (TPSA) is 63.3 Å². The number of benzene rings is 2. The highest BCUT2D eigenvalue weighted by atomic mass is 32.2. The van der Waals surface area contributed by atoms with Crippen LogP contribution in [0.25, 0.3) is 0 Å². The van der Waals surface area contributed by atoms with E-state index in [9.17, 15) is 18.0 Å². The zero-order chi connectivity index (χ0) is 29.6. The lowest BCUT2D eigenvalue weighted by Gasteiger charge is -2.55. The third-order valence-electron chi connectivity index (χ3n) is 7.66. The Morgan fingerprint density at radius 3 is 2.49 bits per heavy atom. The van der Waals surface area contributed by atoms with Crippen LogP contribution in [-0.4, -0.2) is 48.1 Å². The van der Waals surface area contributed by atoms with Gasteiger partial charge in [0.2, 0.25) is 12.2 Å². The molecule has 3 atom stereocenters. The quantitative estimate of drug-likeness (QED) is 0.272. The van der Waals surface area contributed by atoms with Crippen LogP contribution in [-0.2, 0) is 20.4 Å². The van der Waals surface area contributed by atoms with Gasteiger partial charge in [-0.15, -0.1) is 11.8 Å². The molecule has 4 aliphatic rings. The first-order valence-electron chi connectivity index (χ1n) is 13.4. The zero-order valence-corrected chi connectivity index (χ0v) is 24.4. The molecule has 0 amide bonds. The number of allylic oxidation sites excluding steroid dienone is 3. The van der Waals surface area contributed by atoms with Crippen molar-refractivity contribution in [3.05, 3.63) is 77.9 Å². The first-order valence-corrected chi connectivity index (χ1v) is 14.2. The van der Waals surface area contributed by atoms with Gasteiger partial charge in [0.1, 0.15) is 17.1 Å². The average Bonchev–Trinajstić information content (AvgIpc) is 3.48. The highest BCUT2D eigenvalue weighted by molar-refractivity contribution is 8.01. The summed E-state index contributed by atoms with van der Waals surface area (Å²) >= 11 is 1.43. The van der Waals surface area contributed by atoms with Crippen molar-refractivity contribution in [2.24, 2.45) is 5.41 Å². The van der Waals surface area contributed by atoms with Crippen LogP contribution in [0.5, 0.6) is 5.75 Å². The van der Waals surface area contributed by atoms with Gasteiger partial charge in [-0.25, -0.2) is 4.90 Å². The van der Waals surface area contributed by atoms with Crippen molar-refractivity contribution in [1.82, 2.24) is 10.3 Å². The Morgan fingerprint density at radius 1 is 1.17 bits per heavy atom. The fourth-order valence-electron chi connectivity index (χ4n) is 5.37. The summed E-state index contributed by atoms with van der Waals surface area (Å²) in [6.07, 6.45) is 3.77. The van der Waals surface area contributed by atoms with E-state index in [1.807, 2.05) is 63.1 Å². The average molecular weight is 590 g/mol. The van der Waals surface area contributed by atoms with Gasteiger partial charge in [-0.1, -0.05) is 24.3 Å². The Bertz CT molecular complexity index is 1360. The number of rotatable bonds is 9. The fraction of sp³-hybridized carbons (Fsp3) is 0.433. The molecule has 220 valence electrons. The Labute approximate surface area is 242 Å². The number of nitrogens with zero attached hydrogens (tertiary/aromatic N) is 2. The maximum absolute atomic E-state index is 13.1. The van der Waals surface area contributed by atoms with Gasteiger partial charge in [0, 0.05) is 4.90 Å². The zero-order valence-electron chi connectivity index (χ0n) is 23.6. The summed E-state index contributed by atoms with van der Waals surface area (Å²) in [4.78, 5) is 15.3. The summed E-state index contributed by atoms with van der Waals surface area (Å²) in [6, 6.07) is 10.8. The van der Waals surface area contributed by atoms with E-state index in [0.29, 0.717) is 24.5 Å². The Morgan fingerprint density at radius 2 is 1.90 bits per heavy atom. The summed E-state index contributed by atoms with van der Waals surface area (Å²) in [5.41, 5.74) is 3.57.